The molecule has 0 aliphatic heterocycles. The van der Waals surface area contributed by atoms with Gasteiger partial charge < -0.3 is 15.8 Å². The molecule has 0 spiro atoms. The van der Waals surface area contributed by atoms with E-state index in [4.69, 9.17) is 10.8 Å². The molecule has 0 amide bonds. The Bertz CT molecular complexity index is 565. The molecule has 0 radical (unpaired) electrons. The van der Waals surface area contributed by atoms with Crippen LogP contribution >= 0.6 is 22.6 Å². The minimum atomic E-state index is -0.387. The van der Waals surface area contributed by atoms with Gasteiger partial charge in [0.05, 0.1) is 24.7 Å². The smallest absolute Gasteiger partial charge is 0.193 e. The van der Waals surface area contributed by atoms with Gasteiger partial charge in [-0.2, -0.15) is 0 Å². The summed E-state index contributed by atoms with van der Waals surface area (Å²) in [6.07, 6.45) is 3.34. The van der Waals surface area contributed by atoms with E-state index < -0.39 is 0 Å². The van der Waals surface area contributed by atoms with Gasteiger partial charge in [-0.3, -0.25) is 0 Å². The molecule has 2 heterocycles. The second-order valence-electron chi connectivity index (χ2n) is 3.68. The third kappa shape index (κ3) is 2.61. The highest BCUT2D eigenvalue weighted by Crippen LogP contribution is 2.19. The average molecular weight is 345 g/mol. The van der Waals surface area contributed by atoms with Crippen molar-refractivity contribution in [1.29, 1.82) is 0 Å². The first-order valence-electron chi connectivity index (χ1n) is 5.02. The fraction of sp³-hybridized carbons (Fsp3) is 0.300. The van der Waals surface area contributed by atoms with Gasteiger partial charge in [-0.05, 0) is 6.92 Å². The molecule has 4 N–H and O–H groups in total. The number of rotatable bonds is 3. The van der Waals surface area contributed by atoms with E-state index in [1.54, 1.807) is 12.4 Å². The highest BCUT2D eigenvalue weighted by molar-refractivity contribution is 14.1. The van der Waals surface area contributed by atoms with E-state index in [0.29, 0.717) is 15.2 Å². The van der Waals surface area contributed by atoms with E-state index in [2.05, 4.69) is 19.9 Å². The molecule has 0 aromatic carbocycles. The lowest BCUT2D eigenvalue weighted by Gasteiger charge is -2.08. The summed E-state index contributed by atoms with van der Waals surface area (Å²) in [6, 6.07) is -0.387. The highest BCUT2D eigenvalue weighted by atomic mass is 127. The van der Waals surface area contributed by atoms with Crippen LogP contribution in [0.15, 0.2) is 18.0 Å². The summed E-state index contributed by atoms with van der Waals surface area (Å²) < 4.78 is 0.600. The molecule has 1 unspecified atom stereocenters. The van der Waals surface area contributed by atoms with Gasteiger partial charge in [-0.15, -0.1) is 0 Å². The van der Waals surface area contributed by atoms with Crippen molar-refractivity contribution in [1.82, 2.24) is 19.9 Å². The minimum Gasteiger partial charge on any atom is -0.392 e. The summed E-state index contributed by atoms with van der Waals surface area (Å²) in [4.78, 5) is 15.6. The zero-order valence-corrected chi connectivity index (χ0v) is 11.3. The maximum absolute atomic E-state index is 8.98. The number of aliphatic hydroxyl groups excluding tert-OH is 1. The Morgan fingerprint density at radius 2 is 2.41 bits per heavy atom. The Morgan fingerprint density at radius 1 is 1.65 bits per heavy atom. The lowest BCUT2D eigenvalue weighted by atomic mass is 10.1. The fourth-order valence-electron chi connectivity index (χ4n) is 1.51. The van der Waals surface area contributed by atoms with Gasteiger partial charge in [0.1, 0.15) is 5.52 Å². The van der Waals surface area contributed by atoms with Gasteiger partial charge >= 0.3 is 0 Å². The number of nitrogens with zero attached hydrogens (tertiary/aromatic N) is 3. The van der Waals surface area contributed by atoms with Crippen molar-refractivity contribution < 1.29 is 5.11 Å². The van der Waals surface area contributed by atoms with Crippen molar-refractivity contribution in [2.75, 3.05) is 6.61 Å². The van der Waals surface area contributed by atoms with Crippen molar-refractivity contribution in [2.45, 2.75) is 13.0 Å². The number of fused-ring (bicyclic) bond motifs is 1. The predicted molar refractivity (Wildman–Crippen MR) is 72.2 cm³/mol. The maximum atomic E-state index is 8.98. The number of nitrogens with two attached hydrogens (primary N) is 1. The van der Waals surface area contributed by atoms with E-state index in [-0.39, 0.29) is 12.6 Å². The molecule has 0 fully saturated rings. The monoisotopic (exact) mass is 345 g/mol. The molecule has 7 heteroatoms. The molecule has 0 aliphatic carbocycles. The first kappa shape index (κ1) is 12.4. The molecule has 2 rings (SSSR count). The summed E-state index contributed by atoms with van der Waals surface area (Å²) >= 11 is 2.03. The van der Waals surface area contributed by atoms with Gasteiger partial charge in [0.25, 0.3) is 0 Å². The Kier molecular flexibility index (Phi) is 3.69. The van der Waals surface area contributed by atoms with Crippen LogP contribution in [0.3, 0.4) is 0 Å². The minimum absolute atomic E-state index is 0.0119. The van der Waals surface area contributed by atoms with Crippen molar-refractivity contribution >= 4 is 33.8 Å². The quantitative estimate of drug-likeness (QED) is 0.436. The van der Waals surface area contributed by atoms with Crippen molar-refractivity contribution in [3.05, 3.63) is 27.5 Å². The molecule has 17 heavy (non-hydrogen) atoms. The van der Waals surface area contributed by atoms with Crippen LogP contribution in [0.5, 0.6) is 0 Å². The molecule has 0 saturated heterocycles. The van der Waals surface area contributed by atoms with Gasteiger partial charge in [-0.25, -0.2) is 15.0 Å². The SMILES string of the molecule is CC(=CC(N)c1nc(I)nc2nc[nH]c12)CO. The number of aromatic nitrogens is 4. The number of aromatic amines is 1. The molecule has 2 aromatic rings. The second-order valence-corrected chi connectivity index (χ2v) is 4.64. The standard InChI is InChI=1S/C10H12IN5O/c1-5(3-17)2-6(12)7-8-9(14-4-13-8)16-10(11)15-7/h2,4,6,17H,3,12H2,1H3,(H,13,14,15,16). The Hall–Kier alpha value is -1.06. The number of aliphatic hydroxyl groups is 1. The third-order valence-electron chi connectivity index (χ3n) is 2.32. The summed E-state index contributed by atoms with van der Waals surface area (Å²) in [6.45, 7) is 1.80. The fourth-order valence-corrected chi connectivity index (χ4v) is 2.00. The van der Waals surface area contributed by atoms with Gasteiger partial charge in [0, 0.05) is 22.6 Å². The number of imidazole rings is 1. The number of nitrogens with one attached hydrogen (secondary N) is 1. The van der Waals surface area contributed by atoms with E-state index in [1.165, 1.54) is 0 Å². The molecule has 0 saturated carbocycles. The first-order valence-corrected chi connectivity index (χ1v) is 6.10. The predicted octanol–water partition coefficient (Wildman–Crippen LogP) is 0.896. The zero-order valence-electron chi connectivity index (χ0n) is 9.18. The second kappa shape index (κ2) is 5.07. The van der Waals surface area contributed by atoms with E-state index in [1.807, 2.05) is 29.5 Å². The number of hydrogen-bond acceptors (Lipinski definition) is 5. The van der Waals surface area contributed by atoms with Crippen LogP contribution in [0, 0.1) is 3.83 Å². The van der Waals surface area contributed by atoms with E-state index in [0.717, 1.165) is 11.1 Å². The molecular formula is C10H12IN5O. The third-order valence-corrected chi connectivity index (χ3v) is 2.80. The van der Waals surface area contributed by atoms with Crippen LogP contribution < -0.4 is 5.73 Å². The molecule has 2 aromatic heterocycles. The van der Waals surface area contributed by atoms with Crippen molar-refractivity contribution in [3.63, 3.8) is 0 Å². The lowest BCUT2D eigenvalue weighted by molar-refractivity contribution is 0.330. The highest BCUT2D eigenvalue weighted by Gasteiger charge is 2.13. The Balaban J connectivity index is 2.50. The summed E-state index contributed by atoms with van der Waals surface area (Å²) in [7, 11) is 0. The van der Waals surface area contributed by atoms with Crippen LogP contribution in [-0.2, 0) is 0 Å². The van der Waals surface area contributed by atoms with Crippen molar-refractivity contribution in [3.8, 4) is 0 Å². The van der Waals surface area contributed by atoms with Gasteiger partial charge in [0.2, 0.25) is 0 Å². The molecule has 1 atom stereocenters. The summed E-state index contributed by atoms with van der Waals surface area (Å²) in [5.74, 6) is 0. The normalized spacial score (nSPS) is 14.2. The van der Waals surface area contributed by atoms with Crippen LogP contribution in [-0.4, -0.2) is 31.6 Å². The first-order chi connectivity index (χ1) is 8.11. The number of halogens is 1. The Morgan fingerprint density at radius 3 is 3.12 bits per heavy atom. The van der Waals surface area contributed by atoms with E-state index >= 15 is 0 Å². The number of H-pyrrole nitrogens is 1. The van der Waals surface area contributed by atoms with E-state index in [9.17, 15) is 0 Å². The van der Waals surface area contributed by atoms with Crippen LogP contribution in [0.4, 0.5) is 0 Å². The average Bonchev–Trinajstić information content (AvgIpc) is 2.75. The summed E-state index contributed by atoms with van der Waals surface area (Å²) in [5, 5.41) is 8.98. The zero-order chi connectivity index (χ0) is 12.4. The molecule has 90 valence electrons. The summed E-state index contributed by atoms with van der Waals surface area (Å²) in [5.41, 5.74) is 8.86. The van der Waals surface area contributed by atoms with Gasteiger partial charge in [0.15, 0.2) is 9.48 Å². The number of hydrogen-bond donors (Lipinski definition) is 3. The largest absolute Gasteiger partial charge is 0.392 e. The molecular weight excluding hydrogens is 333 g/mol. The Labute approximate surface area is 112 Å². The van der Waals surface area contributed by atoms with Gasteiger partial charge in [-0.1, -0.05) is 11.6 Å². The maximum Gasteiger partial charge on any atom is 0.193 e. The molecule has 0 aliphatic rings. The van der Waals surface area contributed by atoms with Crippen LogP contribution in [0.1, 0.15) is 18.7 Å². The van der Waals surface area contributed by atoms with Crippen molar-refractivity contribution in [2.24, 2.45) is 5.73 Å². The molecule has 0 bridgehead atoms. The molecule has 6 nitrogen and oxygen atoms in total. The topological polar surface area (TPSA) is 101 Å². The lowest BCUT2D eigenvalue weighted by Crippen LogP contribution is -2.12. The van der Waals surface area contributed by atoms with Crippen LogP contribution in [0.2, 0.25) is 0 Å². The van der Waals surface area contributed by atoms with Crippen LogP contribution in [0.25, 0.3) is 11.2 Å².